The van der Waals surface area contributed by atoms with Gasteiger partial charge in [-0.2, -0.15) is 0 Å². The average Bonchev–Trinajstić information content (AvgIpc) is 3.37. The first-order valence-electron chi connectivity index (χ1n) is 7.33. The van der Waals surface area contributed by atoms with Crippen LogP contribution in [0.25, 0.3) is 0 Å². The first kappa shape index (κ1) is 13.9. The van der Waals surface area contributed by atoms with E-state index in [1.807, 2.05) is 42.4 Å². The Morgan fingerprint density at radius 1 is 1.24 bits per heavy atom. The van der Waals surface area contributed by atoms with E-state index in [-0.39, 0.29) is 0 Å². The Kier molecular flexibility index (Phi) is 4.06. The normalized spacial score (nSPS) is 14.0. The number of hydrogen-bond donors (Lipinski definition) is 1. The number of hydrogen-bond acceptors (Lipinski definition) is 4. The van der Waals surface area contributed by atoms with E-state index in [1.54, 1.807) is 7.11 Å². The second kappa shape index (κ2) is 6.14. The second-order valence-electron chi connectivity index (χ2n) is 5.41. The van der Waals surface area contributed by atoms with E-state index in [4.69, 9.17) is 4.74 Å². The fourth-order valence-electron chi connectivity index (χ4n) is 2.30. The highest BCUT2D eigenvalue weighted by Gasteiger charge is 2.20. The molecule has 2 aromatic rings. The van der Waals surface area contributed by atoms with Crippen molar-refractivity contribution in [3.05, 3.63) is 48.2 Å². The number of nitrogens with zero attached hydrogens (tertiary/aromatic N) is 2. The Hall–Kier alpha value is -2.07. The van der Waals surface area contributed by atoms with E-state index in [0.29, 0.717) is 0 Å². The molecule has 1 saturated carbocycles. The summed E-state index contributed by atoms with van der Waals surface area (Å²) >= 11 is 0. The maximum absolute atomic E-state index is 5.40. The second-order valence-corrected chi connectivity index (χ2v) is 5.41. The minimum Gasteiger partial charge on any atom is -0.495 e. The summed E-state index contributed by atoms with van der Waals surface area (Å²) in [6, 6.07) is 12.9. The lowest BCUT2D eigenvalue weighted by Crippen LogP contribution is -2.16. The number of anilines is 2. The minimum atomic E-state index is 0.723. The van der Waals surface area contributed by atoms with Crippen molar-refractivity contribution < 1.29 is 4.74 Å². The van der Waals surface area contributed by atoms with Gasteiger partial charge in [0.2, 0.25) is 0 Å². The Bertz CT molecular complexity index is 593. The molecule has 1 heterocycles. The Morgan fingerprint density at radius 3 is 2.71 bits per heavy atom. The summed E-state index contributed by atoms with van der Waals surface area (Å²) in [5, 5.41) is 3.50. The maximum Gasteiger partial charge on any atom is 0.142 e. The quantitative estimate of drug-likeness (QED) is 0.884. The van der Waals surface area contributed by atoms with Crippen molar-refractivity contribution in [1.82, 2.24) is 10.3 Å². The van der Waals surface area contributed by atoms with Gasteiger partial charge in [0.05, 0.1) is 12.8 Å². The number of nitrogens with one attached hydrogen (secondary N) is 1. The van der Waals surface area contributed by atoms with Gasteiger partial charge in [-0.3, -0.25) is 0 Å². The van der Waals surface area contributed by atoms with Gasteiger partial charge in [0.1, 0.15) is 11.6 Å². The van der Waals surface area contributed by atoms with Gasteiger partial charge in [-0.15, -0.1) is 0 Å². The summed E-state index contributed by atoms with van der Waals surface area (Å²) in [6.45, 7) is 0.899. The van der Waals surface area contributed by atoms with E-state index in [1.165, 1.54) is 18.4 Å². The molecule has 0 saturated heterocycles. The smallest absolute Gasteiger partial charge is 0.142 e. The predicted octanol–water partition coefficient (Wildman–Crippen LogP) is 3.11. The Labute approximate surface area is 125 Å². The summed E-state index contributed by atoms with van der Waals surface area (Å²) in [4.78, 5) is 6.60. The van der Waals surface area contributed by atoms with Crippen LogP contribution in [0.3, 0.4) is 0 Å². The van der Waals surface area contributed by atoms with Crippen molar-refractivity contribution in [2.24, 2.45) is 0 Å². The third-order valence-corrected chi connectivity index (χ3v) is 3.77. The van der Waals surface area contributed by atoms with E-state index in [0.717, 1.165) is 29.8 Å². The van der Waals surface area contributed by atoms with Crippen molar-refractivity contribution in [3.8, 4) is 5.75 Å². The molecule has 0 spiro atoms. The van der Waals surface area contributed by atoms with Gasteiger partial charge in [-0.05, 0) is 36.6 Å². The van der Waals surface area contributed by atoms with Crippen molar-refractivity contribution in [2.75, 3.05) is 19.1 Å². The molecule has 21 heavy (non-hydrogen) atoms. The van der Waals surface area contributed by atoms with Crippen LogP contribution in [0.2, 0.25) is 0 Å². The standard InChI is InChI=1S/C17H21N3O/c1-20(15-5-3-4-6-16(15)21-2)17-10-7-13(12-19-17)11-18-14-8-9-14/h3-7,10,12,14,18H,8-9,11H2,1-2H3. The highest BCUT2D eigenvalue weighted by molar-refractivity contribution is 5.66. The molecule has 1 aromatic heterocycles. The van der Waals surface area contributed by atoms with E-state index >= 15 is 0 Å². The minimum absolute atomic E-state index is 0.723. The largest absolute Gasteiger partial charge is 0.495 e. The molecule has 4 nitrogen and oxygen atoms in total. The number of ether oxygens (including phenoxy) is 1. The molecule has 1 aliphatic carbocycles. The lowest BCUT2D eigenvalue weighted by Gasteiger charge is -2.20. The van der Waals surface area contributed by atoms with Crippen LogP contribution < -0.4 is 15.0 Å². The van der Waals surface area contributed by atoms with Crippen LogP contribution in [0, 0.1) is 0 Å². The third kappa shape index (κ3) is 3.34. The van der Waals surface area contributed by atoms with E-state index in [9.17, 15) is 0 Å². The van der Waals surface area contributed by atoms with Gasteiger partial charge in [0.15, 0.2) is 0 Å². The number of para-hydroxylation sites is 2. The zero-order valence-electron chi connectivity index (χ0n) is 12.5. The van der Waals surface area contributed by atoms with E-state index < -0.39 is 0 Å². The number of benzene rings is 1. The van der Waals surface area contributed by atoms with Crippen LogP contribution in [0.1, 0.15) is 18.4 Å². The SMILES string of the molecule is COc1ccccc1N(C)c1ccc(CNC2CC2)cn1. The first-order valence-corrected chi connectivity index (χ1v) is 7.33. The molecule has 1 aromatic carbocycles. The molecule has 1 N–H and O–H groups in total. The summed E-state index contributed by atoms with van der Waals surface area (Å²) < 4.78 is 5.40. The van der Waals surface area contributed by atoms with Gasteiger partial charge in [0, 0.05) is 25.8 Å². The number of pyridine rings is 1. The molecule has 0 radical (unpaired) electrons. The van der Waals surface area contributed by atoms with Crippen LogP contribution in [0.5, 0.6) is 5.75 Å². The number of aromatic nitrogens is 1. The van der Waals surface area contributed by atoms with Crippen LogP contribution >= 0.6 is 0 Å². The predicted molar refractivity (Wildman–Crippen MR) is 85.2 cm³/mol. The molecule has 0 amide bonds. The number of methoxy groups -OCH3 is 1. The first-order chi connectivity index (χ1) is 10.3. The monoisotopic (exact) mass is 283 g/mol. The van der Waals surface area contributed by atoms with E-state index in [2.05, 4.69) is 22.4 Å². The lowest BCUT2D eigenvalue weighted by atomic mass is 10.2. The molecule has 1 aliphatic rings. The van der Waals surface area contributed by atoms with Crippen molar-refractivity contribution >= 4 is 11.5 Å². The molecule has 0 aliphatic heterocycles. The lowest BCUT2D eigenvalue weighted by molar-refractivity contribution is 0.415. The van der Waals surface area contributed by atoms with Gasteiger partial charge in [-0.1, -0.05) is 18.2 Å². The van der Waals surface area contributed by atoms with Gasteiger partial charge in [-0.25, -0.2) is 4.98 Å². The van der Waals surface area contributed by atoms with Crippen LogP contribution in [-0.2, 0) is 6.54 Å². The van der Waals surface area contributed by atoms with Crippen molar-refractivity contribution in [3.63, 3.8) is 0 Å². The zero-order chi connectivity index (χ0) is 14.7. The van der Waals surface area contributed by atoms with Gasteiger partial charge in [0.25, 0.3) is 0 Å². The Balaban J connectivity index is 1.72. The molecule has 0 atom stereocenters. The summed E-state index contributed by atoms with van der Waals surface area (Å²) in [7, 11) is 3.69. The molecular formula is C17H21N3O. The van der Waals surface area contributed by atoms with Gasteiger partial charge >= 0.3 is 0 Å². The van der Waals surface area contributed by atoms with Crippen LogP contribution in [-0.4, -0.2) is 25.2 Å². The highest BCUT2D eigenvalue weighted by Crippen LogP contribution is 2.31. The summed E-state index contributed by atoms with van der Waals surface area (Å²) in [5.41, 5.74) is 2.23. The highest BCUT2D eigenvalue weighted by atomic mass is 16.5. The third-order valence-electron chi connectivity index (χ3n) is 3.77. The van der Waals surface area contributed by atoms with Crippen LogP contribution in [0.4, 0.5) is 11.5 Å². The summed E-state index contributed by atoms with van der Waals surface area (Å²) in [6.07, 6.45) is 4.56. The van der Waals surface area contributed by atoms with Gasteiger partial charge < -0.3 is 15.0 Å². The topological polar surface area (TPSA) is 37.4 Å². The fourth-order valence-corrected chi connectivity index (χ4v) is 2.30. The molecule has 0 unspecified atom stereocenters. The average molecular weight is 283 g/mol. The zero-order valence-corrected chi connectivity index (χ0v) is 12.5. The molecule has 0 bridgehead atoms. The van der Waals surface area contributed by atoms with Crippen molar-refractivity contribution in [1.29, 1.82) is 0 Å². The fraction of sp³-hybridized carbons (Fsp3) is 0.353. The maximum atomic E-state index is 5.40. The summed E-state index contributed by atoms with van der Waals surface area (Å²) in [5.74, 6) is 1.76. The molecule has 4 heteroatoms. The molecular weight excluding hydrogens is 262 g/mol. The van der Waals surface area contributed by atoms with Crippen LogP contribution in [0.15, 0.2) is 42.6 Å². The Morgan fingerprint density at radius 2 is 2.05 bits per heavy atom. The molecule has 1 fully saturated rings. The molecule has 110 valence electrons. The van der Waals surface area contributed by atoms with Crippen molar-refractivity contribution in [2.45, 2.75) is 25.4 Å². The number of rotatable bonds is 6. The molecule has 3 rings (SSSR count).